The highest BCUT2D eigenvalue weighted by molar-refractivity contribution is 5.68. The molecule has 7 heteroatoms. The van der Waals surface area contributed by atoms with Gasteiger partial charge in [-0.15, -0.1) is 0 Å². The van der Waals surface area contributed by atoms with Gasteiger partial charge in [0.15, 0.2) is 0 Å². The third kappa shape index (κ3) is 5.36. The van der Waals surface area contributed by atoms with Crippen molar-refractivity contribution in [3.05, 3.63) is 83.2 Å². The van der Waals surface area contributed by atoms with Crippen LogP contribution in [0.2, 0.25) is 0 Å². The summed E-state index contributed by atoms with van der Waals surface area (Å²) in [6, 6.07) is 16.2. The van der Waals surface area contributed by atoms with Crippen LogP contribution in [0.5, 0.6) is 0 Å². The lowest BCUT2D eigenvalue weighted by molar-refractivity contribution is -0.141. The molecule has 1 saturated carbocycles. The molecule has 2 aromatic carbocycles. The van der Waals surface area contributed by atoms with E-state index in [1.54, 1.807) is 12.1 Å². The summed E-state index contributed by atoms with van der Waals surface area (Å²) in [6.45, 7) is 1.48. The minimum Gasteiger partial charge on any atom is -0.480 e. The van der Waals surface area contributed by atoms with Crippen molar-refractivity contribution in [1.82, 2.24) is 0 Å². The molecular weight excluding hydrogens is 437 g/mol. The van der Waals surface area contributed by atoms with Crippen molar-refractivity contribution in [3.63, 3.8) is 0 Å². The number of nitrogens with zero attached hydrogens (tertiary/aromatic N) is 1. The number of hydrogen-bond donors (Lipinski definition) is 1. The Morgan fingerprint density at radius 1 is 1.18 bits per heavy atom. The Bertz CT molecular complexity index is 1050. The Hall–Kier alpha value is -3.05. The summed E-state index contributed by atoms with van der Waals surface area (Å²) in [5, 5.41) is 17.7. The fourth-order valence-electron chi connectivity index (χ4n) is 5.27. The molecule has 34 heavy (non-hydrogen) atoms. The number of aliphatic carboxylic acids is 1. The van der Waals surface area contributed by atoms with Crippen molar-refractivity contribution in [2.24, 2.45) is 11.8 Å². The predicted molar refractivity (Wildman–Crippen MR) is 122 cm³/mol. The number of carboxylic acids is 1. The zero-order valence-electron chi connectivity index (χ0n) is 18.9. The Kier molecular flexibility index (Phi) is 7.73. The van der Waals surface area contributed by atoms with E-state index in [4.69, 9.17) is 24.6 Å². The molecule has 1 saturated heterocycles. The van der Waals surface area contributed by atoms with Crippen molar-refractivity contribution < 1.29 is 28.5 Å². The Labute approximate surface area is 198 Å². The van der Waals surface area contributed by atoms with Gasteiger partial charge in [-0.3, -0.25) is 0 Å². The molecule has 0 aromatic heterocycles. The summed E-state index contributed by atoms with van der Waals surface area (Å²) in [5.74, 6) is -0.855. The van der Waals surface area contributed by atoms with Gasteiger partial charge in [0.25, 0.3) is 0 Å². The molecule has 4 rings (SSSR count). The van der Waals surface area contributed by atoms with E-state index >= 15 is 0 Å². The zero-order chi connectivity index (χ0) is 24.0. The largest absolute Gasteiger partial charge is 0.480 e. The van der Waals surface area contributed by atoms with Crippen molar-refractivity contribution in [1.29, 1.82) is 5.26 Å². The number of ether oxygens (including phenoxy) is 3. The van der Waals surface area contributed by atoms with Gasteiger partial charge in [0.2, 0.25) is 0 Å². The standard InChI is InChI=1S/C27H28FNO5/c28-22-10-8-21(9-11-22)27-13-25(34-18-27)23(24(27)3-1-2-12-32-17-26(30)31)16-33-15-20-6-4-19(14-29)5-7-20/h1-2,4-11,23-25H,3,12-13,15-18H2,(H,30,31)/b2-1-/t23-,24-,25-,27-/m0/s1. The molecule has 0 spiro atoms. The third-order valence-electron chi connectivity index (χ3n) is 6.90. The van der Waals surface area contributed by atoms with Crippen LogP contribution in [0.25, 0.3) is 0 Å². The molecule has 2 aliphatic rings. The molecule has 6 nitrogen and oxygen atoms in total. The van der Waals surface area contributed by atoms with Crippen molar-refractivity contribution in [2.75, 3.05) is 26.4 Å². The molecule has 0 unspecified atom stereocenters. The van der Waals surface area contributed by atoms with E-state index in [1.165, 1.54) is 12.1 Å². The van der Waals surface area contributed by atoms with Crippen molar-refractivity contribution in [3.8, 4) is 6.07 Å². The summed E-state index contributed by atoms with van der Waals surface area (Å²) < 4.78 is 31.0. The van der Waals surface area contributed by atoms with Gasteiger partial charge in [0.05, 0.1) is 44.2 Å². The van der Waals surface area contributed by atoms with E-state index < -0.39 is 5.97 Å². The predicted octanol–water partition coefficient (Wildman–Crippen LogP) is 4.23. The minimum atomic E-state index is -0.992. The molecule has 2 aromatic rings. The van der Waals surface area contributed by atoms with Crippen LogP contribution >= 0.6 is 0 Å². The summed E-state index contributed by atoms with van der Waals surface area (Å²) in [4.78, 5) is 10.6. The Morgan fingerprint density at radius 2 is 1.94 bits per heavy atom. The molecule has 1 aliphatic heterocycles. The van der Waals surface area contributed by atoms with Crippen LogP contribution in [0.15, 0.2) is 60.7 Å². The van der Waals surface area contributed by atoms with Crippen LogP contribution in [0.4, 0.5) is 4.39 Å². The van der Waals surface area contributed by atoms with Gasteiger partial charge >= 0.3 is 5.97 Å². The summed E-state index contributed by atoms with van der Waals surface area (Å²) >= 11 is 0. The second-order valence-electron chi connectivity index (χ2n) is 8.93. The molecular formula is C27H28FNO5. The van der Waals surface area contributed by atoms with E-state index in [1.807, 2.05) is 36.4 Å². The maximum atomic E-state index is 13.6. The molecule has 2 fully saturated rings. The smallest absolute Gasteiger partial charge is 0.329 e. The average Bonchev–Trinajstić information content (AvgIpc) is 3.40. The van der Waals surface area contributed by atoms with Gasteiger partial charge < -0.3 is 19.3 Å². The highest BCUT2D eigenvalue weighted by Crippen LogP contribution is 2.56. The highest BCUT2D eigenvalue weighted by Gasteiger charge is 2.59. The first-order valence-corrected chi connectivity index (χ1v) is 11.4. The monoisotopic (exact) mass is 465 g/mol. The van der Waals surface area contributed by atoms with Crippen LogP contribution in [0, 0.1) is 29.0 Å². The molecule has 1 heterocycles. The zero-order valence-corrected chi connectivity index (χ0v) is 18.9. The van der Waals surface area contributed by atoms with Gasteiger partial charge in [-0.05, 0) is 54.2 Å². The number of nitriles is 1. The molecule has 4 atom stereocenters. The number of carbonyl (C=O) groups is 1. The Balaban J connectivity index is 1.45. The average molecular weight is 466 g/mol. The molecule has 2 bridgehead atoms. The maximum Gasteiger partial charge on any atom is 0.329 e. The van der Waals surface area contributed by atoms with Crippen LogP contribution < -0.4 is 0 Å². The number of hydrogen-bond acceptors (Lipinski definition) is 5. The van der Waals surface area contributed by atoms with E-state index in [2.05, 4.69) is 6.07 Å². The first-order chi connectivity index (χ1) is 16.5. The van der Waals surface area contributed by atoms with Crippen LogP contribution in [0.1, 0.15) is 29.5 Å². The number of benzene rings is 2. The fourth-order valence-corrected chi connectivity index (χ4v) is 5.27. The van der Waals surface area contributed by atoms with Crippen LogP contribution in [-0.4, -0.2) is 43.6 Å². The van der Waals surface area contributed by atoms with Gasteiger partial charge in [-0.1, -0.05) is 36.4 Å². The maximum absolute atomic E-state index is 13.6. The molecule has 178 valence electrons. The summed E-state index contributed by atoms with van der Waals surface area (Å²) in [7, 11) is 0. The van der Waals surface area contributed by atoms with E-state index in [0.717, 1.165) is 24.0 Å². The number of rotatable bonds is 11. The van der Waals surface area contributed by atoms with E-state index in [-0.39, 0.29) is 42.4 Å². The molecule has 0 radical (unpaired) electrons. The number of carboxylic acid groups (broad SMARTS) is 1. The molecule has 1 aliphatic carbocycles. The van der Waals surface area contributed by atoms with Gasteiger partial charge in [-0.2, -0.15) is 5.26 Å². The van der Waals surface area contributed by atoms with Gasteiger partial charge in [0, 0.05) is 11.3 Å². The molecule has 1 N–H and O–H groups in total. The van der Waals surface area contributed by atoms with E-state index in [9.17, 15) is 9.18 Å². The van der Waals surface area contributed by atoms with Gasteiger partial charge in [-0.25, -0.2) is 9.18 Å². The lowest BCUT2D eigenvalue weighted by atomic mass is 9.69. The third-order valence-corrected chi connectivity index (χ3v) is 6.90. The summed E-state index contributed by atoms with van der Waals surface area (Å²) in [6.07, 6.45) is 5.57. The van der Waals surface area contributed by atoms with Crippen LogP contribution in [-0.2, 0) is 31.0 Å². The second kappa shape index (κ2) is 10.9. The number of allylic oxidation sites excluding steroid dienone is 1. The van der Waals surface area contributed by atoms with E-state index in [0.29, 0.717) is 25.4 Å². The first-order valence-electron chi connectivity index (χ1n) is 11.4. The second-order valence-corrected chi connectivity index (χ2v) is 8.93. The van der Waals surface area contributed by atoms with Crippen molar-refractivity contribution >= 4 is 5.97 Å². The van der Waals surface area contributed by atoms with Crippen LogP contribution in [0.3, 0.4) is 0 Å². The summed E-state index contributed by atoms with van der Waals surface area (Å²) in [5.41, 5.74) is 2.48. The Morgan fingerprint density at radius 3 is 2.65 bits per heavy atom. The lowest BCUT2D eigenvalue weighted by Gasteiger charge is -2.39. The molecule has 0 amide bonds. The van der Waals surface area contributed by atoms with Gasteiger partial charge in [0.1, 0.15) is 12.4 Å². The topological polar surface area (TPSA) is 88.8 Å². The minimum absolute atomic E-state index is 0.0627. The number of fused-ring (bicyclic) bond motifs is 2. The quantitative estimate of drug-likeness (QED) is 0.395. The fraction of sp³-hybridized carbons (Fsp3) is 0.407. The SMILES string of the molecule is N#Cc1ccc(COC[C@@H]2[C@@H]3C[C@@](c4ccc(F)cc4)(CO3)[C@H]2C/C=C\COCC(=O)O)cc1. The van der Waals surface area contributed by atoms with Crippen molar-refractivity contribution in [2.45, 2.75) is 31.0 Å². The highest BCUT2D eigenvalue weighted by atomic mass is 19.1. The number of halogens is 1. The normalized spacial score (nSPS) is 25.6. The lowest BCUT2D eigenvalue weighted by Crippen LogP contribution is -2.41. The first kappa shape index (κ1) is 24.1.